The molecule has 5 nitrogen and oxygen atoms in total. The molecule has 6 heteroatoms. The van der Waals surface area contributed by atoms with Gasteiger partial charge in [0.05, 0.1) is 17.7 Å². The number of aryl methyl sites for hydroxylation is 1. The topological polar surface area (TPSA) is 64.0 Å². The second kappa shape index (κ2) is 4.78. The summed E-state index contributed by atoms with van der Waals surface area (Å²) in [5.74, 6) is 0.781. The van der Waals surface area contributed by atoms with Crippen LogP contribution in [-0.4, -0.2) is 36.2 Å². The van der Waals surface area contributed by atoms with E-state index in [1.54, 1.807) is 4.68 Å². The first-order chi connectivity index (χ1) is 8.02. The predicted molar refractivity (Wildman–Crippen MR) is 66.4 cm³/mol. The van der Waals surface area contributed by atoms with E-state index in [4.69, 9.17) is 0 Å². The molecule has 1 fully saturated rings. The molecular weight excluding hydrogens is 238 g/mol. The molecule has 1 aromatic heterocycles. The van der Waals surface area contributed by atoms with E-state index in [1.165, 1.54) is 0 Å². The van der Waals surface area contributed by atoms with E-state index in [2.05, 4.69) is 10.4 Å². The Labute approximate surface area is 102 Å². The minimum Gasteiger partial charge on any atom is -0.310 e. The fourth-order valence-corrected chi connectivity index (χ4v) is 4.30. The smallest absolute Gasteiger partial charge is 0.150 e. The first-order valence-electron chi connectivity index (χ1n) is 5.94. The molecule has 1 aliphatic rings. The van der Waals surface area contributed by atoms with Crippen LogP contribution >= 0.6 is 0 Å². The quantitative estimate of drug-likeness (QED) is 0.853. The van der Waals surface area contributed by atoms with Gasteiger partial charge in [-0.3, -0.25) is 4.68 Å². The maximum atomic E-state index is 11.5. The molecule has 1 aliphatic heterocycles. The molecule has 2 rings (SSSR count). The molecule has 2 unspecified atom stereocenters. The summed E-state index contributed by atoms with van der Waals surface area (Å²) in [7, 11) is -0.954. The van der Waals surface area contributed by atoms with E-state index in [9.17, 15) is 8.42 Å². The second-order valence-electron chi connectivity index (χ2n) is 4.65. The van der Waals surface area contributed by atoms with E-state index in [0.29, 0.717) is 11.5 Å². The third kappa shape index (κ3) is 2.87. The van der Waals surface area contributed by atoms with Crippen molar-refractivity contribution in [2.75, 3.05) is 18.1 Å². The lowest BCUT2D eigenvalue weighted by molar-refractivity contribution is 0.400. The van der Waals surface area contributed by atoms with Gasteiger partial charge in [-0.05, 0) is 18.9 Å². The van der Waals surface area contributed by atoms with Crippen molar-refractivity contribution in [2.24, 2.45) is 13.0 Å². The molecule has 0 aromatic carbocycles. The summed E-state index contributed by atoms with van der Waals surface area (Å²) in [6.45, 7) is 2.86. The fourth-order valence-electron chi connectivity index (χ4n) is 2.46. The van der Waals surface area contributed by atoms with E-state index >= 15 is 0 Å². The number of nitrogens with zero attached hydrogens (tertiary/aromatic N) is 2. The summed E-state index contributed by atoms with van der Waals surface area (Å²) in [5.41, 5.74) is 1.08. The molecule has 0 aliphatic carbocycles. The van der Waals surface area contributed by atoms with Crippen LogP contribution in [-0.2, 0) is 16.9 Å². The van der Waals surface area contributed by atoms with Crippen molar-refractivity contribution in [1.29, 1.82) is 0 Å². The van der Waals surface area contributed by atoms with E-state index in [0.717, 1.165) is 18.5 Å². The Bertz CT molecular complexity index is 481. The van der Waals surface area contributed by atoms with Crippen LogP contribution in [0.25, 0.3) is 0 Å². The van der Waals surface area contributed by atoms with Gasteiger partial charge >= 0.3 is 0 Å². The van der Waals surface area contributed by atoms with Gasteiger partial charge in [-0.15, -0.1) is 0 Å². The minimum absolute atomic E-state index is 0.103. The number of rotatable bonds is 4. The van der Waals surface area contributed by atoms with Crippen molar-refractivity contribution in [3.8, 4) is 0 Å². The van der Waals surface area contributed by atoms with Gasteiger partial charge in [-0.1, -0.05) is 6.92 Å². The van der Waals surface area contributed by atoms with Gasteiger partial charge in [0.1, 0.15) is 0 Å². The molecule has 96 valence electrons. The highest BCUT2D eigenvalue weighted by Crippen LogP contribution is 2.31. The molecule has 1 N–H and O–H groups in total. The zero-order chi connectivity index (χ0) is 12.5. The van der Waals surface area contributed by atoms with Crippen LogP contribution in [0.1, 0.15) is 24.9 Å². The number of hydrogen-bond acceptors (Lipinski definition) is 4. The highest BCUT2D eigenvalue weighted by molar-refractivity contribution is 7.91. The Hall–Kier alpha value is -0.880. The molecular formula is C11H19N3O2S. The van der Waals surface area contributed by atoms with E-state index in [1.807, 2.05) is 26.4 Å². The molecule has 0 saturated carbocycles. The van der Waals surface area contributed by atoms with Crippen LogP contribution in [0.5, 0.6) is 0 Å². The molecule has 0 amide bonds. The van der Waals surface area contributed by atoms with Crippen LogP contribution in [0.3, 0.4) is 0 Å². The van der Waals surface area contributed by atoms with Crippen molar-refractivity contribution >= 4 is 9.84 Å². The largest absolute Gasteiger partial charge is 0.310 e. The Morgan fingerprint density at radius 3 is 2.88 bits per heavy atom. The fraction of sp³-hybridized carbons (Fsp3) is 0.727. The lowest BCUT2D eigenvalue weighted by Crippen LogP contribution is -2.28. The average Bonchev–Trinajstić information content (AvgIpc) is 2.81. The first kappa shape index (κ1) is 12.6. The zero-order valence-electron chi connectivity index (χ0n) is 10.3. The summed E-state index contributed by atoms with van der Waals surface area (Å²) in [6.07, 6.45) is 4.52. The number of sulfone groups is 1. The monoisotopic (exact) mass is 257 g/mol. The number of hydrogen-bond donors (Lipinski definition) is 1. The van der Waals surface area contributed by atoms with Gasteiger partial charge in [0, 0.05) is 24.8 Å². The van der Waals surface area contributed by atoms with Gasteiger partial charge in [0.2, 0.25) is 0 Å². The van der Waals surface area contributed by atoms with Crippen LogP contribution in [0, 0.1) is 5.92 Å². The SMILES string of the molecule is CCNC(c1cnn(C)c1)C1CCS(=O)(=O)C1. The highest BCUT2D eigenvalue weighted by atomic mass is 32.2. The highest BCUT2D eigenvalue weighted by Gasteiger charge is 2.34. The maximum absolute atomic E-state index is 11.5. The van der Waals surface area contributed by atoms with Gasteiger partial charge < -0.3 is 5.32 Å². The van der Waals surface area contributed by atoms with Crippen molar-refractivity contribution in [2.45, 2.75) is 19.4 Å². The summed E-state index contributed by atoms with van der Waals surface area (Å²) in [6, 6.07) is 0.103. The maximum Gasteiger partial charge on any atom is 0.150 e. The van der Waals surface area contributed by atoms with Crippen LogP contribution in [0.2, 0.25) is 0 Å². The molecule has 1 saturated heterocycles. The molecule has 0 bridgehead atoms. The average molecular weight is 257 g/mol. The standard InChI is InChI=1S/C11H19N3O2S/c1-3-12-11(10-6-13-14(2)7-10)9-4-5-17(15,16)8-9/h6-7,9,11-12H,3-5,8H2,1-2H3. The Kier molecular flexibility index (Phi) is 3.53. The van der Waals surface area contributed by atoms with E-state index < -0.39 is 9.84 Å². The van der Waals surface area contributed by atoms with Crippen LogP contribution < -0.4 is 5.32 Å². The third-order valence-corrected chi connectivity index (χ3v) is 5.04. The van der Waals surface area contributed by atoms with Crippen LogP contribution in [0.15, 0.2) is 12.4 Å². The van der Waals surface area contributed by atoms with Crippen molar-refractivity contribution in [3.05, 3.63) is 18.0 Å². The van der Waals surface area contributed by atoms with Crippen molar-refractivity contribution < 1.29 is 8.42 Å². The van der Waals surface area contributed by atoms with Gasteiger partial charge in [-0.2, -0.15) is 5.10 Å². The van der Waals surface area contributed by atoms with Gasteiger partial charge in [0.25, 0.3) is 0 Å². The molecule has 0 radical (unpaired) electrons. The lowest BCUT2D eigenvalue weighted by atomic mass is 9.94. The second-order valence-corrected chi connectivity index (χ2v) is 6.87. The third-order valence-electron chi connectivity index (χ3n) is 3.25. The molecule has 2 heterocycles. The minimum atomic E-state index is -2.83. The predicted octanol–water partition coefficient (Wildman–Crippen LogP) is 0.505. The van der Waals surface area contributed by atoms with Crippen LogP contribution in [0.4, 0.5) is 0 Å². The van der Waals surface area contributed by atoms with Gasteiger partial charge in [-0.25, -0.2) is 8.42 Å². The number of aromatic nitrogens is 2. The van der Waals surface area contributed by atoms with Gasteiger partial charge in [0.15, 0.2) is 9.84 Å². The Morgan fingerprint density at radius 2 is 2.41 bits per heavy atom. The summed E-state index contributed by atoms with van der Waals surface area (Å²) >= 11 is 0. The molecule has 2 atom stereocenters. The Balaban J connectivity index is 2.18. The first-order valence-corrected chi connectivity index (χ1v) is 7.76. The summed E-state index contributed by atoms with van der Waals surface area (Å²) in [5, 5.41) is 7.53. The van der Waals surface area contributed by atoms with E-state index in [-0.39, 0.29) is 12.0 Å². The van der Waals surface area contributed by atoms with Crippen molar-refractivity contribution in [3.63, 3.8) is 0 Å². The van der Waals surface area contributed by atoms with Crippen molar-refractivity contribution in [1.82, 2.24) is 15.1 Å². The summed E-state index contributed by atoms with van der Waals surface area (Å²) in [4.78, 5) is 0. The lowest BCUT2D eigenvalue weighted by Gasteiger charge is -2.22. The molecule has 0 spiro atoms. The zero-order valence-corrected chi connectivity index (χ0v) is 11.1. The summed E-state index contributed by atoms with van der Waals surface area (Å²) < 4.78 is 24.8. The number of nitrogens with one attached hydrogen (secondary N) is 1. The molecule has 17 heavy (non-hydrogen) atoms. The normalized spacial score (nSPS) is 24.9. The Morgan fingerprint density at radius 1 is 1.65 bits per heavy atom. The molecule has 1 aromatic rings.